The van der Waals surface area contributed by atoms with Crippen LogP contribution in [-0.4, -0.2) is 37.9 Å². The topological polar surface area (TPSA) is 61.8 Å². The van der Waals surface area contributed by atoms with Gasteiger partial charge in [-0.2, -0.15) is 0 Å². The molecule has 0 bridgehead atoms. The van der Waals surface area contributed by atoms with Crippen molar-refractivity contribution in [3.63, 3.8) is 0 Å². The fourth-order valence-corrected chi connectivity index (χ4v) is 6.19. The molecule has 0 saturated heterocycles. The highest BCUT2D eigenvalue weighted by Gasteiger charge is 2.17. The lowest BCUT2D eigenvalue weighted by molar-refractivity contribution is -0.163. The van der Waals surface area contributed by atoms with Crippen molar-refractivity contribution in [3.05, 3.63) is 24.3 Å². The maximum atomic E-state index is 12.6. The number of carbonyl (C=O) groups excluding carboxylic acids is 2. The Bertz CT molecular complexity index is 761. The number of rotatable bonds is 40. The second kappa shape index (κ2) is 41.8. The summed E-state index contributed by atoms with van der Waals surface area (Å²) in [6.07, 6.45) is 46.1. The molecule has 0 radical (unpaired) electrons. The van der Waals surface area contributed by atoms with E-state index in [4.69, 9.17) is 14.2 Å². The van der Waals surface area contributed by atoms with Crippen LogP contribution in [0, 0.1) is 0 Å². The summed E-state index contributed by atoms with van der Waals surface area (Å²) in [6.45, 7) is 7.73. The second-order valence-corrected chi connectivity index (χ2v) is 14.6. The molecule has 1 atom stereocenters. The van der Waals surface area contributed by atoms with Crippen LogP contribution in [0.25, 0.3) is 0 Å². The number of ether oxygens (including phenoxy) is 3. The third-order valence-corrected chi connectivity index (χ3v) is 9.47. The molecule has 0 fully saturated rings. The number of hydrogen-bond donors (Lipinski definition) is 0. The van der Waals surface area contributed by atoms with Gasteiger partial charge < -0.3 is 14.2 Å². The first-order valence-electron chi connectivity index (χ1n) is 21.9. The van der Waals surface area contributed by atoms with E-state index in [-0.39, 0.29) is 25.2 Å². The van der Waals surface area contributed by atoms with Gasteiger partial charge in [0.25, 0.3) is 0 Å². The van der Waals surface area contributed by atoms with E-state index in [9.17, 15) is 9.59 Å². The average Bonchev–Trinajstić information content (AvgIpc) is 3.11. The maximum Gasteiger partial charge on any atom is 0.306 e. The molecule has 0 spiro atoms. The molecule has 0 amide bonds. The normalized spacial score (nSPS) is 12.3. The van der Waals surface area contributed by atoms with E-state index >= 15 is 0 Å². The molecule has 1 unspecified atom stereocenters. The molecule has 0 aliphatic carbocycles. The number of carbonyl (C=O) groups is 2. The lowest BCUT2D eigenvalue weighted by Gasteiger charge is -2.18. The maximum absolute atomic E-state index is 12.6. The van der Waals surface area contributed by atoms with Crippen molar-refractivity contribution in [1.29, 1.82) is 0 Å². The molecule has 0 aliphatic rings. The Hall–Kier alpha value is -1.62. The zero-order chi connectivity index (χ0) is 36.4. The van der Waals surface area contributed by atoms with Crippen molar-refractivity contribution >= 4 is 11.9 Å². The van der Waals surface area contributed by atoms with E-state index in [0.29, 0.717) is 19.4 Å². The predicted octanol–water partition coefficient (Wildman–Crippen LogP) is 14.1. The molecule has 0 aromatic rings. The monoisotopic (exact) mass is 705 g/mol. The van der Waals surface area contributed by atoms with E-state index < -0.39 is 6.10 Å². The van der Waals surface area contributed by atoms with Crippen LogP contribution in [0.3, 0.4) is 0 Å². The minimum absolute atomic E-state index is 0.0868. The van der Waals surface area contributed by atoms with Crippen molar-refractivity contribution < 1.29 is 23.8 Å². The van der Waals surface area contributed by atoms with Gasteiger partial charge in [-0.3, -0.25) is 9.59 Å². The first-order valence-corrected chi connectivity index (χ1v) is 21.9. The third kappa shape index (κ3) is 39.2. The molecular formula is C45H84O5. The summed E-state index contributed by atoms with van der Waals surface area (Å²) >= 11 is 0. The number of unbranched alkanes of at least 4 members (excludes halogenated alkanes) is 25. The van der Waals surface area contributed by atoms with E-state index in [2.05, 4.69) is 45.1 Å². The minimum atomic E-state index is -0.530. The number of allylic oxidation sites excluding steroid dienone is 4. The van der Waals surface area contributed by atoms with Gasteiger partial charge >= 0.3 is 11.9 Å². The van der Waals surface area contributed by atoms with Crippen LogP contribution in [0.2, 0.25) is 0 Å². The summed E-state index contributed by atoms with van der Waals surface area (Å²) in [7, 11) is 0. The first kappa shape index (κ1) is 48.4. The molecule has 0 N–H and O–H groups in total. The molecule has 0 saturated carbocycles. The zero-order valence-corrected chi connectivity index (χ0v) is 33.7. The van der Waals surface area contributed by atoms with Crippen molar-refractivity contribution in [2.75, 3.05) is 19.8 Å². The molecule has 294 valence electrons. The Kier molecular flexibility index (Phi) is 40.4. The minimum Gasteiger partial charge on any atom is -0.462 e. The predicted molar refractivity (Wildman–Crippen MR) is 215 cm³/mol. The molecule has 0 aliphatic heterocycles. The summed E-state index contributed by atoms with van der Waals surface area (Å²) in [6, 6.07) is 0. The quantitative estimate of drug-likeness (QED) is 0.0361. The Morgan fingerprint density at radius 2 is 0.880 bits per heavy atom. The van der Waals surface area contributed by atoms with Gasteiger partial charge in [0.2, 0.25) is 0 Å². The molecule has 5 heteroatoms. The fourth-order valence-electron chi connectivity index (χ4n) is 6.19. The van der Waals surface area contributed by atoms with Crippen LogP contribution in [-0.2, 0) is 23.8 Å². The molecule has 0 rings (SSSR count). The summed E-state index contributed by atoms with van der Waals surface area (Å²) in [4.78, 5) is 25.1. The zero-order valence-electron chi connectivity index (χ0n) is 33.7. The molecule has 0 aromatic heterocycles. The lowest BCUT2D eigenvalue weighted by Crippen LogP contribution is -2.30. The van der Waals surface area contributed by atoms with E-state index in [0.717, 1.165) is 44.9 Å². The highest BCUT2D eigenvalue weighted by atomic mass is 16.6. The van der Waals surface area contributed by atoms with Crippen LogP contribution in [0.4, 0.5) is 0 Å². The van der Waals surface area contributed by atoms with Gasteiger partial charge in [-0.1, -0.05) is 193 Å². The first-order chi connectivity index (χ1) is 24.6. The van der Waals surface area contributed by atoms with E-state index in [1.165, 1.54) is 148 Å². The van der Waals surface area contributed by atoms with Crippen molar-refractivity contribution in [1.82, 2.24) is 0 Å². The lowest BCUT2D eigenvalue weighted by atomic mass is 10.0. The standard InChI is InChI=1S/C45H84O5/c1-4-7-10-13-16-18-20-22-24-26-28-31-34-37-40-48-41-43(50-45(47)39-36-33-29-15-12-9-6-3)42-49-44(46)38-35-32-30-27-25-23-21-19-17-14-11-8-5-2/h10,13,18,20,43H,4-9,11-12,14-17,19,21-42H2,1-3H3/b13-10-,20-18-. The second-order valence-electron chi connectivity index (χ2n) is 14.6. The molecular weight excluding hydrogens is 620 g/mol. The van der Waals surface area contributed by atoms with Gasteiger partial charge in [-0.25, -0.2) is 0 Å². The van der Waals surface area contributed by atoms with Crippen LogP contribution in [0.5, 0.6) is 0 Å². The van der Waals surface area contributed by atoms with Gasteiger partial charge in [0.1, 0.15) is 6.61 Å². The highest BCUT2D eigenvalue weighted by molar-refractivity contribution is 5.70. The van der Waals surface area contributed by atoms with Crippen LogP contribution in [0.15, 0.2) is 24.3 Å². The highest BCUT2D eigenvalue weighted by Crippen LogP contribution is 2.14. The van der Waals surface area contributed by atoms with Crippen LogP contribution < -0.4 is 0 Å². The molecule has 5 nitrogen and oxygen atoms in total. The summed E-state index contributed by atoms with van der Waals surface area (Å²) in [5, 5.41) is 0. The van der Waals surface area contributed by atoms with Crippen molar-refractivity contribution in [2.45, 2.75) is 232 Å². The van der Waals surface area contributed by atoms with E-state index in [1.807, 2.05) is 0 Å². The molecule has 0 aromatic carbocycles. The third-order valence-electron chi connectivity index (χ3n) is 9.47. The summed E-state index contributed by atoms with van der Waals surface area (Å²) < 4.78 is 17.2. The summed E-state index contributed by atoms with van der Waals surface area (Å²) in [5.41, 5.74) is 0. The SMILES string of the molecule is CCC/C=C\C/C=C\CCCCCCCCOCC(COC(=O)CCCCCCCCCCCCCCC)OC(=O)CCCCCCCCC. The average molecular weight is 705 g/mol. The molecule has 50 heavy (non-hydrogen) atoms. The van der Waals surface area contributed by atoms with Gasteiger partial charge in [0.05, 0.1) is 6.61 Å². The van der Waals surface area contributed by atoms with Gasteiger partial charge in [-0.15, -0.1) is 0 Å². The fraction of sp³-hybridized carbons (Fsp3) is 0.867. The largest absolute Gasteiger partial charge is 0.462 e. The number of hydrogen-bond acceptors (Lipinski definition) is 5. The van der Waals surface area contributed by atoms with E-state index in [1.54, 1.807) is 0 Å². The van der Waals surface area contributed by atoms with Gasteiger partial charge in [0.15, 0.2) is 6.10 Å². The summed E-state index contributed by atoms with van der Waals surface area (Å²) in [5.74, 6) is -0.400. The van der Waals surface area contributed by atoms with Crippen LogP contribution >= 0.6 is 0 Å². The Balaban J connectivity index is 4.15. The number of esters is 2. The van der Waals surface area contributed by atoms with Crippen molar-refractivity contribution in [2.24, 2.45) is 0 Å². The van der Waals surface area contributed by atoms with Crippen molar-refractivity contribution in [3.8, 4) is 0 Å². The Morgan fingerprint density at radius 1 is 0.440 bits per heavy atom. The molecule has 0 heterocycles. The van der Waals surface area contributed by atoms with Gasteiger partial charge in [0, 0.05) is 19.4 Å². The smallest absolute Gasteiger partial charge is 0.306 e. The van der Waals surface area contributed by atoms with Crippen LogP contribution in [0.1, 0.15) is 226 Å². The van der Waals surface area contributed by atoms with Gasteiger partial charge in [-0.05, 0) is 44.9 Å². The Labute approximate surface area is 311 Å². The Morgan fingerprint density at radius 3 is 1.40 bits per heavy atom.